The Morgan fingerprint density at radius 2 is 1.60 bits per heavy atom. The van der Waals surface area contributed by atoms with E-state index in [1.807, 2.05) is 0 Å². The Balaban J connectivity index is 1.70. The molecule has 82 valence electrons. The van der Waals surface area contributed by atoms with Crippen molar-refractivity contribution in [3.05, 3.63) is 0 Å². The van der Waals surface area contributed by atoms with Crippen LogP contribution in [-0.4, -0.2) is 0 Å². The zero-order valence-electron chi connectivity index (χ0n) is 10.6. The molecule has 0 heteroatoms. The minimum absolute atomic E-state index is 0.729. The van der Waals surface area contributed by atoms with Crippen LogP contribution in [-0.2, 0) is 0 Å². The van der Waals surface area contributed by atoms with Gasteiger partial charge < -0.3 is 0 Å². The molecule has 1 spiro atoms. The Bertz CT molecular complexity index is 429. The average Bonchev–Trinajstić information content (AvgIpc) is 2.77. The lowest BCUT2D eigenvalue weighted by atomic mass is 9.67. The quantitative estimate of drug-likeness (QED) is 0.608. The van der Waals surface area contributed by atoms with Gasteiger partial charge in [0, 0.05) is 0 Å². The molecule has 0 aliphatic heterocycles. The molecule has 5 aliphatic rings. The number of hydrogen-bond acceptors (Lipinski definition) is 0. The van der Waals surface area contributed by atoms with Gasteiger partial charge in [0.05, 0.1) is 0 Å². The first-order chi connectivity index (χ1) is 6.86. The predicted octanol–water partition coefficient (Wildman–Crippen LogP) is 3.71. The first-order valence-electron chi connectivity index (χ1n) is 6.86. The van der Waals surface area contributed by atoms with E-state index >= 15 is 0 Å². The van der Waals surface area contributed by atoms with Gasteiger partial charge in [0.1, 0.15) is 0 Å². The lowest BCUT2D eigenvalue weighted by Gasteiger charge is -2.36. The molecule has 5 rings (SSSR count). The van der Waals surface area contributed by atoms with Gasteiger partial charge in [-0.1, -0.05) is 34.6 Å². The van der Waals surface area contributed by atoms with Crippen molar-refractivity contribution in [1.29, 1.82) is 0 Å². The van der Waals surface area contributed by atoms with Crippen LogP contribution in [0.25, 0.3) is 0 Å². The monoisotopic (exact) mass is 202 g/mol. The van der Waals surface area contributed by atoms with Crippen molar-refractivity contribution in [1.82, 2.24) is 0 Å². The summed E-state index contributed by atoms with van der Waals surface area (Å²) in [6.07, 6.45) is 3.17. The summed E-state index contributed by atoms with van der Waals surface area (Å²) in [4.78, 5) is 0. The highest BCUT2D eigenvalue weighted by molar-refractivity contribution is 5.64. The second-order valence-corrected chi connectivity index (χ2v) is 8.26. The van der Waals surface area contributed by atoms with E-state index in [4.69, 9.17) is 0 Å². The Morgan fingerprint density at radius 1 is 1.00 bits per heavy atom. The summed E-state index contributed by atoms with van der Waals surface area (Å²) < 4.78 is 0. The molecule has 5 aliphatic carbocycles. The smallest absolute Gasteiger partial charge is 0.00795 e. The van der Waals surface area contributed by atoms with E-state index in [9.17, 15) is 0 Å². The van der Waals surface area contributed by atoms with E-state index in [1.165, 1.54) is 0 Å². The SMILES string of the molecule is CC1C(C)C1(C)C12CC3C4(C)CC1(C)C342. The molecular weight excluding hydrogens is 180 g/mol. The van der Waals surface area contributed by atoms with Gasteiger partial charge in [0.15, 0.2) is 0 Å². The summed E-state index contributed by atoms with van der Waals surface area (Å²) in [7, 11) is 0. The fourth-order valence-electron chi connectivity index (χ4n) is 8.60. The maximum absolute atomic E-state index is 2.63. The zero-order valence-corrected chi connectivity index (χ0v) is 10.6. The van der Waals surface area contributed by atoms with Crippen molar-refractivity contribution >= 4 is 0 Å². The van der Waals surface area contributed by atoms with Crippen molar-refractivity contribution in [2.24, 2.45) is 44.8 Å². The van der Waals surface area contributed by atoms with Gasteiger partial charge >= 0.3 is 0 Å². The van der Waals surface area contributed by atoms with E-state index in [-0.39, 0.29) is 0 Å². The molecule has 0 bridgehead atoms. The minimum Gasteiger partial charge on any atom is -0.0617 e. The van der Waals surface area contributed by atoms with Crippen LogP contribution < -0.4 is 0 Å². The molecule has 15 heavy (non-hydrogen) atoms. The summed E-state index contributed by atoms with van der Waals surface area (Å²) in [6.45, 7) is 12.9. The fourth-order valence-corrected chi connectivity index (χ4v) is 8.60. The maximum atomic E-state index is 2.63. The van der Waals surface area contributed by atoms with Crippen LogP contribution in [0, 0.1) is 44.8 Å². The van der Waals surface area contributed by atoms with E-state index in [0.717, 1.165) is 44.8 Å². The van der Waals surface area contributed by atoms with E-state index in [0.29, 0.717) is 0 Å². The number of rotatable bonds is 1. The van der Waals surface area contributed by atoms with Crippen LogP contribution >= 0.6 is 0 Å². The topological polar surface area (TPSA) is 0 Å². The lowest BCUT2D eigenvalue weighted by Crippen LogP contribution is -2.30. The Hall–Kier alpha value is 0. The van der Waals surface area contributed by atoms with Crippen LogP contribution in [0.4, 0.5) is 0 Å². The molecule has 0 N–H and O–H groups in total. The average molecular weight is 202 g/mol. The molecule has 5 saturated carbocycles. The summed E-state index contributed by atoms with van der Waals surface area (Å²) in [5.74, 6) is 3.16. The first kappa shape index (κ1) is 8.14. The maximum Gasteiger partial charge on any atom is -0.00795 e. The molecule has 5 fully saturated rings. The van der Waals surface area contributed by atoms with Gasteiger partial charge in [-0.05, 0) is 57.7 Å². The molecular formula is C15H22. The standard InChI is InChI=1S/C15H22/c1-8-9(2)13(8,5)14-6-10-11(3)7-12(14,4)15(10,11)14/h8-10H,6-7H2,1-5H3. The molecule has 0 saturated heterocycles. The summed E-state index contributed by atoms with van der Waals surface area (Å²) in [6, 6.07) is 0. The van der Waals surface area contributed by atoms with Gasteiger partial charge in [-0.3, -0.25) is 0 Å². The fraction of sp³-hybridized carbons (Fsp3) is 1.00. The van der Waals surface area contributed by atoms with Gasteiger partial charge in [-0.25, -0.2) is 0 Å². The molecule has 0 nitrogen and oxygen atoms in total. The number of hydrogen-bond donors (Lipinski definition) is 0. The minimum atomic E-state index is 0.729. The predicted molar refractivity (Wildman–Crippen MR) is 60.2 cm³/mol. The molecule has 0 aromatic rings. The summed E-state index contributed by atoms with van der Waals surface area (Å²) in [5, 5.41) is 0. The second kappa shape index (κ2) is 1.41. The Kier molecular flexibility index (Phi) is 0.764. The van der Waals surface area contributed by atoms with Crippen molar-refractivity contribution in [3.8, 4) is 0 Å². The van der Waals surface area contributed by atoms with Crippen LogP contribution in [0.15, 0.2) is 0 Å². The Labute approximate surface area is 92.8 Å². The molecule has 7 atom stereocenters. The van der Waals surface area contributed by atoms with Gasteiger partial charge in [0.2, 0.25) is 0 Å². The third kappa shape index (κ3) is 0.331. The highest BCUT2D eigenvalue weighted by Gasteiger charge is 3.18. The van der Waals surface area contributed by atoms with E-state index in [1.54, 1.807) is 12.8 Å². The van der Waals surface area contributed by atoms with Gasteiger partial charge in [-0.15, -0.1) is 0 Å². The van der Waals surface area contributed by atoms with Crippen molar-refractivity contribution in [2.45, 2.75) is 47.5 Å². The normalized spacial score (nSPS) is 89.8. The molecule has 0 heterocycles. The van der Waals surface area contributed by atoms with Gasteiger partial charge in [0.25, 0.3) is 0 Å². The van der Waals surface area contributed by atoms with Gasteiger partial charge in [-0.2, -0.15) is 0 Å². The second-order valence-electron chi connectivity index (χ2n) is 8.26. The van der Waals surface area contributed by atoms with E-state index < -0.39 is 0 Å². The third-order valence-corrected chi connectivity index (χ3v) is 9.22. The molecule has 0 radical (unpaired) electrons. The van der Waals surface area contributed by atoms with Crippen molar-refractivity contribution in [2.75, 3.05) is 0 Å². The van der Waals surface area contributed by atoms with Crippen LogP contribution in [0.2, 0.25) is 0 Å². The lowest BCUT2D eigenvalue weighted by molar-refractivity contribution is 0.112. The summed E-state index contributed by atoms with van der Waals surface area (Å²) >= 11 is 0. The largest absolute Gasteiger partial charge is 0.0617 e. The molecule has 7 unspecified atom stereocenters. The molecule has 0 aromatic heterocycles. The van der Waals surface area contributed by atoms with Crippen molar-refractivity contribution < 1.29 is 0 Å². The number of fused-ring (bicyclic) bond motifs is 2. The zero-order chi connectivity index (χ0) is 10.6. The Morgan fingerprint density at radius 3 is 1.80 bits per heavy atom. The first-order valence-corrected chi connectivity index (χ1v) is 6.86. The van der Waals surface area contributed by atoms with Crippen LogP contribution in [0.5, 0.6) is 0 Å². The van der Waals surface area contributed by atoms with Crippen LogP contribution in [0.3, 0.4) is 0 Å². The summed E-state index contributed by atoms with van der Waals surface area (Å²) in [5.41, 5.74) is 4.07. The highest BCUT2D eigenvalue weighted by Crippen LogP contribution is 3.22. The highest BCUT2D eigenvalue weighted by atomic mass is 15.2. The molecule has 0 amide bonds. The molecule has 0 aromatic carbocycles. The van der Waals surface area contributed by atoms with E-state index in [2.05, 4.69) is 34.6 Å². The van der Waals surface area contributed by atoms with Crippen LogP contribution in [0.1, 0.15) is 47.5 Å². The van der Waals surface area contributed by atoms with Crippen molar-refractivity contribution in [3.63, 3.8) is 0 Å². The third-order valence-electron chi connectivity index (χ3n) is 9.22.